The number of thiophene rings is 1. The number of nitrogens with zero attached hydrogens (tertiary/aromatic N) is 1. The Labute approximate surface area is 114 Å². The van der Waals surface area contributed by atoms with Gasteiger partial charge >= 0.3 is 0 Å². The van der Waals surface area contributed by atoms with Crippen LogP contribution < -0.4 is 4.74 Å². The monoisotopic (exact) mass is 275 g/mol. The largest absolute Gasteiger partial charge is 0.493 e. The topological polar surface area (TPSA) is 52.3 Å². The number of carbonyl (C=O) groups excluding carboxylic acids is 1. The van der Waals surface area contributed by atoms with Crippen LogP contribution in [-0.4, -0.2) is 17.9 Å². The molecular formula is C14H13NO3S. The number of hydrogen-bond donors (Lipinski definition) is 0. The van der Waals surface area contributed by atoms with Crippen LogP contribution >= 0.6 is 11.3 Å². The van der Waals surface area contributed by atoms with E-state index in [0.29, 0.717) is 17.2 Å². The highest BCUT2D eigenvalue weighted by Gasteiger charge is 2.17. The number of Topliss-reactive ketones (excluding diaryl/α,β-unsaturated/α-hetero) is 1. The van der Waals surface area contributed by atoms with Gasteiger partial charge in [-0.1, -0.05) is 6.92 Å². The third-order valence-electron chi connectivity index (χ3n) is 3.04. The van der Waals surface area contributed by atoms with E-state index in [1.54, 1.807) is 14.0 Å². The molecule has 0 aliphatic carbocycles. The Kier molecular flexibility index (Phi) is 2.78. The van der Waals surface area contributed by atoms with E-state index in [0.717, 1.165) is 26.9 Å². The number of hydrogen-bond acceptors (Lipinski definition) is 5. The van der Waals surface area contributed by atoms with Crippen molar-refractivity contribution in [1.29, 1.82) is 0 Å². The van der Waals surface area contributed by atoms with E-state index < -0.39 is 0 Å². The first-order chi connectivity index (χ1) is 9.13. The summed E-state index contributed by atoms with van der Waals surface area (Å²) < 4.78 is 12.0. The fourth-order valence-corrected chi connectivity index (χ4v) is 3.06. The first-order valence-electron chi connectivity index (χ1n) is 6.05. The number of aromatic nitrogens is 1. The zero-order valence-electron chi connectivity index (χ0n) is 10.9. The molecule has 0 aliphatic rings. The summed E-state index contributed by atoms with van der Waals surface area (Å²) >= 11 is 1.46. The predicted molar refractivity (Wildman–Crippen MR) is 75.3 cm³/mol. The molecule has 0 unspecified atom stereocenters. The number of aryl methyl sites for hydroxylation is 1. The molecule has 0 saturated carbocycles. The van der Waals surface area contributed by atoms with E-state index in [9.17, 15) is 4.79 Å². The molecule has 3 rings (SSSR count). The van der Waals surface area contributed by atoms with Gasteiger partial charge in [0.1, 0.15) is 5.52 Å². The number of fused-ring (bicyclic) bond motifs is 3. The molecular weight excluding hydrogens is 262 g/mol. The van der Waals surface area contributed by atoms with Crippen molar-refractivity contribution >= 4 is 38.3 Å². The Hall–Kier alpha value is -1.88. The fourth-order valence-electron chi connectivity index (χ4n) is 2.07. The number of rotatable bonds is 3. The average Bonchev–Trinajstić information content (AvgIpc) is 3.00. The maximum atomic E-state index is 11.5. The zero-order valence-corrected chi connectivity index (χ0v) is 11.8. The molecule has 1 aromatic carbocycles. The number of ketones is 1. The van der Waals surface area contributed by atoms with Gasteiger partial charge in [-0.3, -0.25) is 4.79 Å². The van der Waals surface area contributed by atoms with Gasteiger partial charge in [-0.05, 0) is 13.0 Å². The Bertz CT molecular complexity index is 785. The average molecular weight is 275 g/mol. The Morgan fingerprint density at radius 3 is 2.89 bits per heavy atom. The van der Waals surface area contributed by atoms with Gasteiger partial charge in [0.05, 0.1) is 12.0 Å². The van der Waals surface area contributed by atoms with Gasteiger partial charge in [-0.2, -0.15) is 0 Å². The quantitative estimate of drug-likeness (QED) is 0.682. The molecule has 0 aliphatic heterocycles. The molecule has 0 spiro atoms. The van der Waals surface area contributed by atoms with Gasteiger partial charge in [0, 0.05) is 22.6 Å². The van der Waals surface area contributed by atoms with Gasteiger partial charge in [0.25, 0.3) is 0 Å². The maximum Gasteiger partial charge on any atom is 0.197 e. The van der Waals surface area contributed by atoms with Crippen LogP contribution in [0.15, 0.2) is 16.5 Å². The second-order valence-corrected chi connectivity index (χ2v) is 5.38. The van der Waals surface area contributed by atoms with E-state index in [1.807, 2.05) is 19.1 Å². The van der Waals surface area contributed by atoms with Gasteiger partial charge in [-0.15, -0.1) is 11.3 Å². The van der Waals surface area contributed by atoms with Crippen LogP contribution in [0.25, 0.3) is 21.2 Å². The molecule has 0 saturated heterocycles. The van der Waals surface area contributed by atoms with Crippen LogP contribution in [0.5, 0.6) is 5.75 Å². The third-order valence-corrected chi connectivity index (χ3v) is 4.23. The zero-order chi connectivity index (χ0) is 13.6. The molecule has 5 heteroatoms. The molecule has 98 valence electrons. The Balaban J connectivity index is 2.42. The highest BCUT2D eigenvalue weighted by atomic mass is 32.1. The maximum absolute atomic E-state index is 11.5. The number of oxazole rings is 1. The molecule has 0 amide bonds. The second-order valence-electron chi connectivity index (χ2n) is 4.30. The highest BCUT2D eigenvalue weighted by molar-refractivity contribution is 7.21. The Morgan fingerprint density at radius 2 is 2.26 bits per heavy atom. The second kappa shape index (κ2) is 4.35. The summed E-state index contributed by atoms with van der Waals surface area (Å²) in [5.41, 5.74) is 1.43. The highest BCUT2D eigenvalue weighted by Crippen LogP contribution is 2.38. The van der Waals surface area contributed by atoms with Crippen molar-refractivity contribution in [3.8, 4) is 5.75 Å². The normalized spacial score (nSPS) is 11.3. The van der Waals surface area contributed by atoms with Crippen LogP contribution in [0.2, 0.25) is 0 Å². The van der Waals surface area contributed by atoms with Gasteiger partial charge in [0.15, 0.2) is 23.0 Å². The van der Waals surface area contributed by atoms with Crippen molar-refractivity contribution in [3.63, 3.8) is 0 Å². The van der Waals surface area contributed by atoms with Crippen molar-refractivity contribution in [2.45, 2.75) is 20.3 Å². The van der Waals surface area contributed by atoms with Crippen LogP contribution in [0.3, 0.4) is 0 Å². The predicted octanol–water partition coefficient (Wildman–Crippen LogP) is 3.82. The van der Waals surface area contributed by atoms with Crippen molar-refractivity contribution in [1.82, 2.24) is 4.98 Å². The number of methoxy groups -OCH3 is 1. The lowest BCUT2D eigenvalue weighted by Crippen LogP contribution is -1.84. The minimum Gasteiger partial charge on any atom is -0.493 e. The molecule has 0 fully saturated rings. The minimum absolute atomic E-state index is 0.0625. The summed E-state index contributed by atoms with van der Waals surface area (Å²) in [5, 5.41) is 0.953. The van der Waals surface area contributed by atoms with Gasteiger partial charge in [-0.25, -0.2) is 4.98 Å². The lowest BCUT2D eigenvalue weighted by Gasteiger charge is -1.99. The number of ether oxygens (including phenoxy) is 1. The summed E-state index contributed by atoms with van der Waals surface area (Å²) in [7, 11) is 1.61. The lowest BCUT2D eigenvalue weighted by molar-refractivity contribution is 0.102. The van der Waals surface area contributed by atoms with Crippen LogP contribution in [0.4, 0.5) is 0 Å². The van der Waals surface area contributed by atoms with Crippen molar-refractivity contribution in [2.75, 3.05) is 7.11 Å². The van der Waals surface area contributed by atoms with Crippen LogP contribution in [0.1, 0.15) is 29.4 Å². The smallest absolute Gasteiger partial charge is 0.197 e. The summed E-state index contributed by atoms with van der Waals surface area (Å²) in [4.78, 5) is 16.7. The molecule has 2 aromatic heterocycles. The summed E-state index contributed by atoms with van der Waals surface area (Å²) in [5.74, 6) is 1.40. The van der Waals surface area contributed by atoms with Gasteiger partial charge < -0.3 is 9.15 Å². The van der Waals surface area contributed by atoms with E-state index in [4.69, 9.17) is 9.15 Å². The molecule has 0 radical (unpaired) electrons. The standard InChI is InChI=1S/C14H13NO3S/c1-4-12-15-13-8-5-10(7(2)16)19-11(8)6-9(17-3)14(13)18-12/h5-6H,4H2,1-3H3. The van der Waals surface area contributed by atoms with Crippen molar-refractivity contribution < 1.29 is 13.9 Å². The fraction of sp³-hybridized carbons (Fsp3) is 0.286. The molecule has 0 bridgehead atoms. The lowest BCUT2D eigenvalue weighted by atomic mass is 10.2. The molecule has 3 aromatic rings. The molecule has 19 heavy (non-hydrogen) atoms. The third kappa shape index (κ3) is 1.81. The van der Waals surface area contributed by atoms with Crippen molar-refractivity contribution in [2.24, 2.45) is 0 Å². The van der Waals surface area contributed by atoms with Crippen LogP contribution in [-0.2, 0) is 6.42 Å². The molecule has 0 N–H and O–H groups in total. The summed E-state index contributed by atoms with van der Waals surface area (Å²) in [6, 6.07) is 3.78. The van der Waals surface area contributed by atoms with Crippen LogP contribution in [0, 0.1) is 0 Å². The first kappa shape index (κ1) is 12.2. The minimum atomic E-state index is 0.0625. The molecule has 0 atom stereocenters. The van der Waals surface area contributed by atoms with E-state index in [-0.39, 0.29) is 5.78 Å². The first-order valence-corrected chi connectivity index (χ1v) is 6.86. The molecule has 4 nitrogen and oxygen atoms in total. The van der Waals surface area contributed by atoms with E-state index in [1.165, 1.54) is 11.3 Å². The summed E-state index contributed by atoms with van der Waals surface area (Å²) in [6.45, 7) is 3.56. The van der Waals surface area contributed by atoms with E-state index >= 15 is 0 Å². The van der Waals surface area contributed by atoms with E-state index in [2.05, 4.69) is 4.98 Å². The Morgan fingerprint density at radius 1 is 1.47 bits per heavy atom. The van der Waals surface area contributed by atoms with Gasteiger partial charge in [0.2, 0.25) is 0 Å². The number of benzene rings is 1. The molecule has 2 heterocycles. The van der Waals surface area contributed by atoms with Crippen molar-refractivity contribution in [3.05, 3.63) is 22.9 Å². The SMILES string of the molecule is CCc1nc2c(o1)c(OC)cc1sc(C(C)=O)cc12. The summed E-state index contributed by atoms with van der Waals surface area (Å²) in [6.07, 6.45) is 0.725. The number of carbonyl (C=O) groups is 1.